The Bertz CT molecular complexity index is 700. The fourth-order valence-corrected chi connectivity index (χ4v) is 3.94. The van der Waals surface area contributed by atoms with Crippen molar-refractivity contribution in [1.82, 2.24) is 30.3 Å². The molecule has 1 aliphatic heterocycles. The highest BCUT2D eigenvalue weighted by Gasteiger charge is 2.26. The Morgan fingerprint density at radius 2 is 2.38 bits per heavy atom. The maximum Gasteiger partial charge on any atom is 0.191 e. The zero-order chi connectivity index (χ0) is 18.4. The third-order valence-electron chi connectivity index (χ3n) is 4.49. The van der Waals surface area contributed by atoms with Crippen LogP contribution in [0.1, 0.15) is 23.7 Å². The molecule has 0 aliphatic carbocycles. The highest BCUT2D eigenvalue weighted by Crippen LogP contribution is 2.26. The molecule has 26 heavy (non-hydrogen) atoms. The molecule has 2 aromatic heterocycles. The molecule has 0 bridgehead atoms. The summed E-state index contributed by atoms with van der Waals surface area (Å²) in [4.78, 5) is 12.4. The van der Waals surface area contributed by atoms with Gasteiger partial charge in [0, 0.05) is 38.6 Å². The fourth-order valence-electron chi connectivity index (χ4n) is 3.08. The first kappa shape index (κ1) is 18.8. The van der Waals surface area contributed by atoms with E-state index in [0.717, 1.165) is 38.0 Å². The molecule has 2 atom stereocenters. The molecule has 9 heteroatoms. The molecule has 142 valence electrons. The molecule has 0 saturated carbocycles. The van der Waals surface area contributed by atoms with E-state index in [1.807, 2.05) is 7.05 Å². The summed E-state index contributed by atoms with van der Waals surface area (Å²) in [5.41, 5.74) is 0. The van der Waals surface area contributed by atoms with Crippen LogP contribution in [0, 0.1) is 0 Å². The second-order valence-electron chi connectivity index (χ2n) is 6.31. The molecule has 3 rings (SSSR count). The fraction of sp³-hybridized carbons (Fsp3) is 0.588. The first-order chi connectivity index (χ1) is 12.7. The Labute approximate surface area is 158 Å². The van der Waals surface area contributed by atoms with Crippen LogP contribution in [0.2, 0.25) is 0 Å². The minimum Gasteiger partial charge on any atom is -0.376 e. The van der Waals surface area contributed by atoms with Gasteiger partial charge in [0.1, 0.15) is 12.2 Å². The topological polar surface area (TPSA) is 79.6 Å². The smallest absolute Gasteiger partial charge is 0.191 e. The van der Waals surface area contributed by atoms with Gasteiger partial charge in [-0.2, -0.15) is 5.10 Å². The molecule has 0 radical (unpaired) electrons. The van der Waals surface area contributed by atoms with E-state index >= 15 is 0 Å². The number of aliphatic imine (C=N–C) groups is 1. The minimum absolute atomic E-state index is 0.263. The van der Waals surface area contributed by atoms with Gasteiger partial charge in [0.05, 0.1) is 25.3 Å². The summed E-state index contributed by atoms with van der Waals surface area (Å²) >= 11 is 1.79. The van der Waals surface area contributed by atoms with Crippen LogP contribution >= 0.6 is 11.3 Å². The number of ether oxygens (including phenoxy) is 1. The lowest BCUT2D eigenvalue weighted by molar-refractivity contribution is -0.0334. The van der Waals surface area contributed by atoms with Gasteiger partial charge in [-0.25, -0.2) is 4.98 Å². The van der Waals surface area contributed by atoms with E-state index in [2.05, 4.69) is 55.0 Å². The Morgan fingerprint density at radius 1 is 1.50 bits per heavy atom. The van der Waals surface area contributed by atoms with Crippen molar-refractivity contribution in [3.8, 4) is 0 Å². The third-order valence-corrected chi connectivity index (χ3v) is 5.46. The molecule has 0 spiro atoms. The van der Waals surface area contributed by atoms with Crippen molar-refractivity contribution in [2.75, 3.05) is 33.3 Å². The summed E-state index contributed by atoms with van der Waals surface area (Å²) < 4.78 is 7.46. The summed E-state index contributed by atoms with van der Waals surface area (Å²) in [5, 5.41) is 13.0. The molecular formula is C17H27N7OS. The van der Waals surface area contributed by atoms with Gasteiger partial charge in [-0.15, -0.1) is 11.3 Å². The van der Waals surface area contributed by atoms with Crippen LogP contribution in [-0.4, -0.2) is 65.0 Å². The minimum atomic E-state index is 0.263. The maximum absolute atomic E-state index is 5.70. The number of hydrogen-bond donors (Lipinski definition) is 2. The monoisotopic (exact) mass is 377 g/mol. The van der Waals surface area contributed by atoms with Gasteiger partial charge < -0.3 is 15.4 Å². The number of rotatable bonds is 6. The van der Waals surface area contributed by atoms with Crippen molar-refractivity contribution in [1.29, 1.82) is 0 Å². The van der Waals surface area contributed by atoms with Crippen LogP contribution in [0.4, 0.5) is 0 Å². The first-order valence-corrected chi connectivity index (χ1v) is 9.71. The average Bonchev–Trinajstić information content (AvgIpc) is 3.30. The van der Waals surface area contributed by atoms with Gasteiger partial charge in [0.25, 0.3) is 0 Å². The van der Waals surface area contributed by atoms with Gasteiger partial charge in [0.2, 0.25) is 0 Å². The number of aromatic nitrogens is 3. The molecular weight excluding hydrogens is 350 g/mol. The normalized spacial score (nSPS) is 20.1. The second kappa shape index (κ2) is 9.11. The molecule has 0 aromatic carbocycles. The molecule has 2 unspecified atom stereocenters. The summed E-state index contributed by atoms with van der Waals surface area (Å²) in [6.45, 7) is 6.16. The number of hydrogen-bond acceptors (Lipinski definition) is 6. The number of guanidine groups is 1. The van der Waals surface area contributed by atoms with Crippen molar-refractivity contribution in [3.05, 3.63) is 34.5 Å². The average molecular weight is 378 g/mol. The van der Waals surface area contributed by atoms with E-state index in [1.54, 1.807) is 29.4 Å². The van der Waals surface area contributed by atoms with Crippen LogP contribution < -0.4 is 10.6 Å². The lowest BCUT2D eigenvalue weighted by Gasteiger charge is -2.37. The van der Waals surface area contributed by atoms with Crippen molar-refractivity contribution < 1.29 is 4.74 Å². The van der Waals surface area contributed by atoms with Gasteiger partial charge in [-0.1, -0.05) is 6.07 Å². The summed E-state index contributed by atoms with van der Waals surface area (Å²) in [5.74, 6) is 1.63. The van der Waals surface area contributed by atoms with E-state index in [4.69, 9.17) is 4.74 Å². The van der Waals surface area contributed by atoms with Gasteiger partial charge in [0.15, 0.2) is 5.96 Å². The standard InChI is InChI=1S/C17H27N7OS/c1-13-11-24(6-7-25-13)14(15-5-4-8-26-15)9-19-17(18-2)20-10-16-21-12-22-23(16)3/h4-5,8,12-14H,6-7,9-11H2,1-3H3,(H2,18,19,20). The Balaban J connectivity index is 1.60. The maximum atomic E-state index is 5.70. The molecule has 1 saturated heterocycles. The van der Waals surface area contributed by atoms with E-state index < -0.39 is 0 Å². The second-order valence-corrected chi connectivity index (χ2v) is 7.29. The van der Waals surface area contributed by atoms with Crippen LogP contribution in [0.5, 0.6) is 0 Å². The van der Waals surface area contributed by atoms with Crippen LogP contribution in [-0.2, 0) is 18.3 Å². The molecule has 1 fully saturated rings. The molecule has 3 heterocycles. The quantitative estimate of drug-likeness (QED) is 0.578. The molecule has 2 aromatic rings. The van der Waals surface area contributed by atoms with E-state index in [0.29, 0.717) is 12.6 Å². The summed E-state index contributed by atoms with van der Waals surface area (Å²) in [6.07, 6.45) is 1.82. The number of aryl methyl sites for hydroxylation is 1. The van der Waals surface area contributed by atoms with E-state index in [9.17, 15) is 0 Å². The van der Waals surface area contributed by atoms with Crippen molar-refractivity contribution in [2.45, 2.75) is 25.6 Å². The first-order valence-electron chi connectivity index (χ1n) is 8.84. The summed E-state index contributed by atoms with van der Waals surface area (Å²) in [7, 11) is 3.66. The molecule has 8 nitrogen and oxygen atoms in total. The highest BCUT2D eigenvalue weighted by molar-refractivity contribution is 7.10. The number of morpholine rings is 1. The van der Waals surface area contributed by atoms with Crippen LogP contribution in [0.15, 0.2) is 28.8 Å². The van der Waals surface area contributed by atoms with Crippen LogP contribution in [0.3, 0.4) is 0 Å². The SMILES string of the molecule is CN=C(NCc1ncnn1C)NCC(c1cccs1)N1CCOC(C)C1. The van der Waals surface area contributed by atoms with Crippen molar-refractivity contribution >= 4 is 17.3 Å². The summed E-state index contributed by atoms with van der Waals surface area (Å²) in [6, 6.07) is 4.61. The largest absolute Gasteiger partial charge is 0.376 e. The lowest BCUT2D eigenvalue weighted by Crippen LogP contribution is -2.48. The van der Waals surface area contributed by atoms with Gasteiger partial charge >= 0.3 is 0 Å². The van der Waals surface area contributed by atoms with Crippen molar-refractivity contribution in [2.24, 2.45) is 12.0 Å². The Kier molecular flexibility index (Phi) is 6.59. The Morgan fingerprint density at radius 3 is 3.04 bits per heavy atom. The third kappa shape index (κ3) is 4.80. The number of thiophene rings is 1. The predicted octanol–water partition coefficient (Wildman–Crippen LogP) is 1.00. The van der Waals surface area contributed by atoms with Crippen molar-refractivity contribution in [3.63, 3.8) is 0 Å². The molecule has 2 N–H and O–H groups in total. The highest BCUT2D eigenvalue weighted by atomic mass is 32.1. The molecule has 1 aliphatic rings. The number of nitrogens with zero attached hydrogens (tertiary/aromatic N) is 5. The van der Waals surface area contributed by atoms with Gasteiger partial charge in [-0.3, -0.25) is 14.6 Å². The van der Waals surface area contributed by atoms with E-state index in [-0.39, 0.29) is 6.10 Å². The zero-order valence-corrected chi connectivity index (χ0v) is 16.4. The Hall–Kier alpha value is -1.97. The number of nitrogens with one attached hydrogen (secondary N) is 2. The predicted molar refractivity (Wildman–Crippen MR) is 103 cm³/mol. The van der Waals surface area contributed by atoms with E-state index in [1.165, 1.54) is 4.88 Å². The molecule has 0 amide bonds. The zero-order valence-electron chi connectivity index (χ0n) is 15.6. The van der Waals surface area contributed by atoms with Crippen LogP contribution in [0.25, 0.3) is 0 Å². The lowest BCUT2D eigenvalue weighted by atomic mass is 10.1. The van der Waals surface area contributed by atoms with Gasteiger partial charge in [-0.05, 0) is 18.4 Å².